The number of carbonyl (C=O) groups excluding carboxylic acids is 1. The molecular formula is C15H25N5O3S. The summed E-state index contributed by atoms with van der Waals surface area (Å²) in [6, 6.07) is 1.91. The molecule has 1 fully saturated rings. The molecule has 1 N–H and O–H groups in total. The molecule has 24 heavy (non-hydrogen) atoms. The molecule has 0 aliphatic carbocycles. The number of aromatic nitrogens is 2. The van der Waals surface area contributed by atoms with Gasteiger partial charge in [-0.1, -0.05) is 0 Å². The Kier molecular flexibility index (Phi) is 6.11. The fraction of sp³-hybridized carbons (Fsp3) is 0.667. The number of carbonyl (C=O) groups is 1. The fourth-order valence-electron chi connectivity index (χ4n) is 2.67. The normalized spacial score (nSPS) is 16.2. The van der Waals surface area contributed by atoms with E-state index in [4.69, 9.17) is 0 Å². The summed E-state index contributed by atoms with van der Waals surface area (Å²) in [4.78, 5) is 22.5. The van der Waals surface area contributed by atoms with Gasteiger partial charge < -0.3 is 10.2 Å². The Bertz CT molecular complexity index is 664. The summed E-state index contributed by atoms with van der Waals surface area (Å²) in [7, 11) is -3.16. The molecule has 2 rings (SSSR count). The number of nitrogens with zero attached hydrogens (tertiary/aromatic N) is 4. The Morgan fingerprint density at radius 1 is 1.17 bits per heavy atom. The van der Waals surface area contributed by atoms with Gasteiger partial charge >= 0.3 is 0 Å². The van der Waals surface area contributed by atoms with Gasteiger partial charge in [0.15, 0.2) is 0 Å². The van der Waals surface area contributed by atoms with E-state index in [1.54, 1.807) is 4.90 Å². The summed E-state index contributed by atoms with van der Waals surface area (Å²) in [6.45, 7) is 6.12. The summed E-state index contributed by atoms with van der Waals surface area (Å²) in [5.41, 5.74) is 1.81. The van der Waals surface area contributed by atoms with Crippen molar-refractivity contribution in [3.05, 3.63) is 17.5 Å². The molecule has 1 aromatic rings. The monoisotopic (exact) mass is 355 g/mol. The molecule has 1 amide bonds. The molecule has 8 nitrogen and oxygen atoms in total. The average Bonchev–Trinajstić information content (AvgIpc) is 2.50. The van der Waals surface area contributed by atoms with E-state index in [0.717, 1.165) is 11.4 Å². The zero-order chi connectivity index (χ0) is 17.7. The predicted molar refractivity (Wildman–Crippen MR) is 92.2 cm³/mol. The SMILES string of the molecule is Cc1cc(C)nc(NCCCC(=O)N2CCN(S(C)(=O)=O)CC2)n1. The van der Waals surface area contributed by atoms with E-state index in [1.165, 1.54) is 10.6 Å². The minimum Gasteiger partial charge on any atom is -0.354 e. The minimum absolute atomic E-state index is 0.0614. The van der Waals surface area contributed by atoms with Gasteiger partial charge in [0.1, 0.15) is 0 Å². The fourth-order valence-corrected chi connectivity index (χ4v) is 3.50. The second-order valence-electron chi connectivity index (χ2n) is 6.05. The van der Waals surface area contributed by atoms with E-state index >= 15 is 0 Å². The van der Waals surface area contributed by atoms with Crippen molar-refractivity contribution in [3.63, 3.8) is 0 Å². The molecule has 0 spiro atoms. The van der Waals surface area contributed by atoms with Gasteiger partial charge in [-0.25, -0.2) is 18.4 Å². The number of rotatable bonds is 6. The Balaban J connectivity index is 1.70. The van der Waals surface area contributed by atoms with Crippen LogP contribution >= 0.6 is 0 Å². The molecule has 0 aromatic carbocycles. The molecule has 0 radical (unpaired) electrons. The van der Waals surface area contributed by atoms with Crippen LogP contribution in [0.3, 0.4) is 0 Å². The lowest BCUT2D eigenvalue weighted by atomic mass is 10.2. The van der Waals surface area contributed by atoms with Crippen LogP contribution in [0.1, 0.15) is 24.2 Å². The first-order valence-corrected chi connectivity index (χ1v) is 9.89. The maximum atomic E-state index is 12.2. The highest BCUT2D eigenvalue weighted by molar-refractivity contribution is 7.88. The third kappa shape index (κ3) is 5.41. The van der Waals surface area contributed by atoms with Gasteiger partial charge in [0.05, 0.1) is 6.26 Å². The standard InChI is InChI=1S/C15H25N5O3S/c1-12-11-13(2)18-15(17-12)16-6-4-5-14(21)19-7-9-20(10-8-19)24(3,22)23/h11H,4-10H2,1-3H3,(H,16,17,18). The number of amides is 1. The molecule has 134 valence electrons. The Morgan fingerprint density at radius 2 is 1.75 bits per heavy atom. The third-order valence-corrected chi connectivity index (χ3v) is 5.20. The quantitative estimate of drug-likeness (QED) is 0.742. The Labute approximate surface area is 143 Å². The van der Waals surface area contributed by atoms with Crippen LogP contribution in [-0.2, 0) is 14.8 Å². The number of hydrogen-bond acceptors (Lipinski definition) is 6. The number of aryl methyl sites for hydroxylation is 2. The lowest BCUT2D eigenvalue weighted by Crippen LogP contribution is -2.50. The molecule has 1 saturated heterocycles. The molecule has 0 atom stereocenters. The van der Waals surface area contributed by atoms with E-state index in [2.05, 4.69) is 15.3 Å². The van der Waals surface area contributed by atoms with Crippen molar-refractivity contribution in [1.82, 2.24) is 19.2 Å². The van der Waals surface area contributed by atoms with Crippen LogP contribution in [0.2, 0.25) is 0 Å². The first kappa shape index (κ1) is 18.6. The minimum atomic E-state index is -3.16. The number of sulfonamides is 1. The number of piperazine rings is 1. The van der Waals surface area contributed by atoms with Crippen molar-refractivity contribution in [1.29, 1.82) is 0 Å². The van der Waals surface area contributed by atoms with E-state index in [-0.39, 0.29) is 5.91 Å². The van der Waals surface area contributed by atoms with Crippen LogP contribution < -0.4 is 5.32 Å². The smallest absolute Gasteiger partial charge is 0.223 e. The summed E-state index contributed by atoms with van der Waals surface area (Å²) in [6.07, 6.45) is 2.31. The van der Waals surface area contributed by atoms with Crippen LogP contribution in [0.25, 0.3) is 0 Å². The highest BCUT2D eigenvalue weighted by Gasteiger charge is 2.25. The zero-order valence-corrected chi connectivity index (χ0v) is 15.3. The highest BCUT2D eigenvalue weighted by atomic mass is 32.2. The van der Waals surface area contributed by atoms with Crippen molar-refractivity contribution in [2.24, 2.45) is 0 Å². The lowest BCUT2D eigenvalue weighted by molar-refractivity contribution is -0.132. The summed E-state index contributed by atoms with van der Waals surface area (Å²) in [5.74, 6) is 0.646. The van der Waals surface area contributed by atoms with Crippen LogP contribution in [0, 0.1) is 13.8 Å². The van der Waals surface area contributed by atoms with Crippen LogP contribution in [0.5, 0.6) is 0 Å². The first-order valence-electron chi connectivity index (χ1n) is 8.05. The third-order valence-electron chi connectivity index (χ3n) is 3.89. The average molecular weight is 355 g/mol. The van der Waals surface area contributed by atoms with Gasteiger partial charge in [-0.15, -0.1) is 0 Å². The van der Waals surface area contributed by atoms with Gasteiger partial charge in [0.25, 0.3) is 0 Å². The van der Waals surface area contributed by atoms with Crippen LogP contribution in [-0.4, -0.2) is 72.5 Å². The van der Waals surface area contributed by atoms with Crippen molar-refractivity contribution in [2.45, 2.75) is 26.7 Å². The van der Waals surface area contributed by atoms with E-state index in [9.17, 15) is 13.2 Å². The van der Waals surface area contributed by atoms with Crippen molar-refractivity contribution >= 4 is 21.9 Å². The topological polar surface area (TPSA) is 95.5 Å². The molecule has 1 aliphatic heterocycles. The van der Waals surface area contributed by atoms with Gasteiger partial charge in [-0.2, -0.15) is 4.31 Å². The molecule has 0 unspecified atom stereocenters. The van der Waals surface area contributed by atoms with Gasteiger partial charge in [0, 0.05) is 50.5 Å². The van der Waals surface area contributed by atoms with Crippen LogP contribution in [0.4, 0.5) is 5.95 Å². The molecule has 0 saturated carbocycles. The summed E-state index contributed by atoms with van der Waals surface area (Å²) < 4.78 is 24.3. The van der Waals surface area contributed by atoms with E-state index < -0.39 is 10.0 Å². The molecule has 2 heterocycles. The molecule has 1 aliphatic rings. The number of hydrogen-bond donors (Lipinski definition) is 1. The first-order chi connectivity index (χ1) is 11.3. The van der Waals surface area contributed by atoms with Crippen molar-refractivity contribution < 1.29 is 13.2 Å². The van der Waals surface area contributed by atoms with E-state index in [1.807, 2.05) is 19.9 Å². The van der Waals surface area contributed by atoms with Gasteiger partial charge in [-0.05, 0) is 26.3 Å². The number of anilines is 1. The lowest BCUT2D eigenvalue weighted by Gasteiger charge is -2.33. The Hall–Kier alpha value is -1.74. The molecular weight excluding hydrogens is 330 g/mol. The molecule has 9 heteroatoms. The van der Waals surface area contributed by atoms with Crippen molar-refractivity contribution in [3.8, 4) is 0 Å². The number of nitrogens with one attached hydrogen (secondary N) is 1. The van der Waals surface area contributed by atoms with Gasteiger partial charge in [0.2, 0.25) is 21.9 Å². The maximum Gasteiger partial charge on any atom is 0.223 e. The highest BCUT2D eigenvalue weighted by Crippen LogP contribution is 2.09. The Morgan fingerprint density at radius 3 is 2.29 bits per heavy atom. The van der Waals surface area contributed by atoms with Gasteiger partial charge in [-0.3, -0.25) is 4.79 Å². The predicted octanol–water partition coefficient (Wildman–Crippen LogP) is 0.389. The van der Waals surface area contributed by atoms with Crippen LogP contribution in [0.15, 0.2) is 6.07 Å². The van der Waals surface area contributed by atoms with Crippen molar-refractivity contribution in [2.75, 3.05) is 44.3 Å². The largest absolute Gasteiger partial charge is 0.354 e. The second kappa shape index (κ2) is 7.89. The molecule has 1 aromatic heterocycles. The summed E-state index contributed by atoms with van der Waals surface area (Å²) >= 11 is 0. The molecule has 0 bridgehead atoms. The maximum absolute atomic E-state index is 12.2. The summed E-state index contributed by atoms with van der Waals surface area (Å²) in [5, 5.41) is 3.13. The second-order valence-corrected chi connectivity index (χ2v) is 8.03. The van der Waals surface area contributed by atoms with E-state index in [0.29, 0.717) is 51.5 Å². The zero-order valence-electron chi connectivity index (χ0n) is 14.4.